The maximum absolute atomic E-state index is 4.52. The molecule has 4 N–H and O–H groups in total. The summed E-state index contributed by atoms with van der Waals surface area (Å²) in [7, 11) is 0. The normalized spacial score (nSPS) is 19.6. The summed E-state index contributed by atoms with van der Waals surface area (Å²) >= 11 is 0. The molecule has 6 rings (SSSR count). The number of allylic oxidation sites excluding steroid dienone is 4. The minimum Gasteiger partial charge on any atom is -0.390 e. The summed E-state index contributed by atoms with van der Waals surface area (Å²) in [5.74, 6) is 0. The van der Waals surface area contributed by atoms with Crippen LogP contribution in [0.4, 0.5) is 0 Å². The van der Waals surface area contributed by atoms with E-state index >= 15 is 0 Å². The second-order valence-electron chi connectivity index (χ2n) is 9.38. The summed E-state index contributed by atoms with van der Waals surface area (Å²) in [6.45, 7) is 8.02. The zero-order chi connectivity index (χ0) is 29.2. The SMILES string of the molecule is C1=NCCN=CC2=CNCCCNC=C3C=NCCN=CC(=CNCCCNC=C1C=NCCN=C2)C=NCCN=C3.[Cu+2].[Ni+2]. The minimum atomic E-state index is 0. The zero-order valence-electron chi connectivity index (χ0n) is 25.0. The average Bonchev–Trinajstić information content (AvgIpc) is 2.99. The van der Waals surface area contributed by atoms with E-state index in [1.54, 1.807) is 0 Å². The molecule has 0 aliphatic carbocycles. The van der Waals surface area contributed by atoms with Crippen molar-refractivity contribution in [3.63, 3.8) is 0 Å². The third kappa shape index (κ3) is 19.7. The Bertz CT molecular complexity index is 921. The molecule has 0 aromatic heterocycles. The average molecular weight is 695 g/mol. The first-order chi connectivity index (χ1) is 20.9. The van der Waals surface area contributed by atoms with Crippen LogP contribution in [0.25, 0.3) is 0 Å². The number of rotatable bonds is 0. The van der Waals surface area contributed by atoms with Crippen molar-refractivity contribution in [1.29, 1.82) is 0 Å². The molecule has 6 heterocycles. The second-order valence-corrected chi connectivity index (χ2v) is 9.38. The van der Waals surface area contributed by atoms with Gasteiger partial charge >= 0.3 is 33.6 Å². The number of hydrogen-bond acceptors (Lipinski definition) is 12. The maximum Gasteiger partial charge on any atom is 2.00 e. The van der Waals surface area contributed by atoms with Gasteiger partial charge in [-0.3, -0.25) is 39.9 Å². The van der Waals surface area contributed by atoms with Gasteiger partial charge in [-0.25, -0.2) is 0 Å². The topological polar surface area (TPSA) is 147 Å². The molecule has 0 aromatic rings. The van der Waals surface area contributed by atoms with Gasteiger partial charge in [0.2, 0.25) is 0 Å². The molecule has 0 spiro atoms. The fraction of sp³-hybridized carbons (Fsp3) is 0.467. The standard InChI is InChI=1S/C30H44N12.Cu.Ni/c1-3-31-15-27-19-35-7-11-39-23-29(24-40-12-8-36-20-27)17-33-5-2-6-34-18-30-25-41-13-9-37-21-28(16-32-4-1)22-38-10-14-42-26-30;;/h15-26,31-34H,1-14H2;;/q;2*+2. The third-order valence-electron chi connectivity index (χ3n) is 5.72. The molecule has 241 valence electrons. The van der Waals surface area contributed by atoms with Crippen molar-refractivity contribution in [3.05, 3.63) is 47.1 Å². The molecule has 12 nitrogen and oxygen atoms in total. The molecule has 0 aromatic carbocycles. The monoisotopic (exact) mass is 693 g/mol. The Hall–Kier alpha value is -3.47. The van der Waals surface area contributed by atoms with Crippen LogP contribution < -0.4 is 21.3 Å². The predicted octanol–water partition coefficient (Wildman–Crippen LogP) is 1.26. The van der Waals surface area contributed by atoms with Gasteiger partial charge in [-0.2, -0.15) is 0 Å². The Labute approximate surface area is 282 Å². The molecule has 0 saturated carbocycles. The molecule has 0 saturated heterocycles. The molecule has 6 aliphatic rings. The first kappa shape index (κ1) is 38.6. The number of nitrogens with zero attached hydrogens (tertiary/aromatic N) is 8. The van der Waals surface area contributed by atoms with E-state index in [2.05, 4.69) is 61.2 Å². The first-order valence-electron chi connectivity index (χ1n) is 14.6. The van der Waals surface area contributed by atoms with Crippen molar-refractivity contribution in [2.24, 2.45) is 39.9 Å². The van der Waals surface area contributed by atoms with Crippen LogP contribution >= 0.6 is 0 Å². The van der Waals surface area contributed by atoms with Gasteiger partial charge in [0.05, 0.1) is 52.4 Å². The van der Waals surface area contributed by atoms with Crippen LogP contribution in [0.15, 0.2) is 87.0 Å². The van der Waals surface area contributed by atoms with Gasteiger partial charge in [-0.1, -0.05) is 0 Å². The van der Waals surface area contributed by atoms with Gasteiger partial charge in [0.25, 0.3) is 0 Å². The number of hydrogen-bond donors (Lipinski definition) is 4. The van der Waals surface area contributed by atoms with Crippen LogP contribution in [0.3, 0.4) is 0 Å². The molecule has 44 heavy (non-hydrogen) atoms. The summed E-state index contributed by atoms with van der Waals surface area (Å²) in [5.41, 5.74) is 3.67. The smallest absolute Gasteiger partial charge is 0.390 e. The summed E-state index contributed by atoms with van der Waals surface area (Å²) in [4.78, 5) is 36.2. The molecule has 0 unspecified atom stereocenters. The van der Waals surface area contributed by atoms with Crippen LogP contribution in [-0.2, 0) is 33.6 Å². The second kappa shape index (κ2) is 27.1. The first-order valence-corrected chi connectivity index (χ1v) is 14.6. The van der Waals surface area contributed by atoms with Gasteiger partial charge in [0.15, 0.2) is 0 Å². The van der Waals surface area contributed by atoms with Crippen LogP contribution in [0.2, 0.25) is 0 Å². The summed E-state index contributed by atoms with van der Waals surface area (Å²) < 4.78 is 0. The predicted molar refractivity (Wildman–Crippen MR) is 180 cm³/mol. The van der Waals surface area contributed by atoms with Crippen molar-refractivity contribution >= 4 is 49.7 Å². The van der Waals surface area contributed by atoms with Crippen molar-refractivity contribution in [2.75, 3.05) is 78.5 Å². The van der Waals surface area contributed by atoms with E-state index < -0.39 is 0 Å². The van der Waals surface area contributed by atoms with E-state index in [-0.39, 0.29) is 33.6 Å². The molecule has 0 amide bonds. The van der Waals surface area contributed by atoms with Gasteiger partial charge < -0.3 is 21.3 Å². The summed E-state index contributed by atoms with van der Waals surface area (Å²) in [6.07, 6.45) is 24.4. The molecular formula is C30H44CuN12Ni+4. The van der Waals surface area contributed by atoms with E-state index in [4.69, 9.17) is 0 Å². The maximum atomic E-state index is 4.52. The Morgan fingerprint density at radius 2 is 0.523 bits per heavy atom. The number of nitrogens with one attached hydrogen (secondary N) is 4. The van der Waals surface area contributed by atoms with Gasteiger partial charge in [0, 0.05) is 123 Å². The van der Waals surface area contributed by atoms with Gasteiger partial charge in [-0.05, 0) is 12.8 Å². The van der Waals surface area contributed by atoms with Crippen LogP contribution in [0.1, 0.15) is 12.8 Å². The molecule has 0 atom stereocenters. The Morgan fingerprint density at radius 1 is 0.341 bits per heavy atom. The summed E-state index contributed by atoms with van der Waals surface area (Å²) in [5, 5.41) is 13.4. The van der Waals surface area contributed by atoms with Gasteiger partial charge in [-0.15, -0.1) is 0 Å². The largest absolute Gasteiger partial charge is 2.00 e. The molecule has 4 bridgehead atoms. The van der Waals surface area contributed by atoms with E-state index in [9.17, 15) is 0 Å². The van der Waals surface area contributed by atoms with E-state index in [1.807, 2.05) is 74.5 Å². The van der Waals surface area contributed by atoms with Crippen molar-refractivity contribution in [2.45, 2.75) is 12.8 Å². The van der Waals surface area contributed by atoms with Crippen molar-refractivity contribution in [3.8, 4) is 0 Å². The summed E-state index contributed by atoms with van der Waals surface area (Å²) in [6, 6.07) is 0. The fourth-order valence-electron chi connectivity index (χ4n) is 3.60. The Balaban J connectivity index is 0.00000484. The third-order valence-corrected chi connectivity index (χ3v) is 5.72. The quantitative estimate of drug-likeness (QED) is 0.283. The Kier molecular flexibility index (Phi) is 23.8. The van der Waals surface area contributed by atoms with Crippen molar-refractivity contribution < 1.29 is 33.6 Å². The molecule has 0 fully saturated rings. The fourth-order valence-corrected chi connectivity index (χ4v) is 3.60. The zero-order valence-corrected chi connectivity index (χ0v) is 27.0. The van der Waals surface area contributed by atoms with Crippen molar-refractivity contribution in [1.82, 2.24) is 21.3 Å². The minimum absolute atomic E-state index is 0. The van der Waals surface area contributed by atoms with E-state index in [1.165, 1.54) is 0 Å². The van der Waals surface area contributed by atoms with Crippen LogP contribution in [0.5, 0.6) is 0 Å². The van der Waals surface area contributed by atoms with Crippen LogP contribution in [-0.4, -0.2) is 128 Å². The van der Waals surface area contributed by atoms with E-state index in [0.717, 1.165) is 61.3 Å². The Morgan fingerprint density at radius 3 is 0.705 bits per heavy atom. The molecule has 14 heteroatoms. The molecule has 1 radical (unpaired) electrons. The van der Waals surface area contributed by atoms with E-state index in [0.29, 0.717) is 52.4 Å². The molecular weight excluding hydrogens is 651 g/mol. The number of aliphatic imine (C=N–C) groups is 8. The molecule has 6 aliphatic heterocycles. The van der Waals surface area contributed by atoms with Crippen LogP contribution in [0, 0.1) is 0 Å². The van der Waals surface area contributed by atoms with Gasteiger partial charge in [0.1, 0.15) is 0 Å².